The molecule has 0 bridgehead atoms. The van der Waals surface area contributed by atoms with Crippen LogP contribution in [0, 0.1) is 5.92 Å². The summed E-state index contributed by atoms with van der Waals surface area (Å²) >= 11 is 5.89. The van der Waals surface area contributed by atoms with E-state index in [1.165, 1.54) is 11.1 Å². The van der Waals surface area contributed by atoms with E-state index in [-0.39, 0.29) is 11.8 Å². The Kier molecular flexibility index (Phi) is 4.76. The number of carbonyl (C=O) groups excluding carboxylic acids is 1. The van der Waals surface area contributed by atoms with Gasteiger partial charge in [0.2, 0.25) is 5.91 Å². The molecule has 0 spiro atoms. The average Bonchev–Trinajstić information content (AvgIpc) is 2.69. The summed E-state index contributed by atoms with van der Waals surface area (Å²) < 4.78 is 0. The van der Waals surface area contributed by atoms with E-state index >= 15 is 0 Å². The Morgan fingerprint density at radius 2 is 1.77 bits per heavy atom. The topological polar surface area (TPSA) is 45.2 Å². The van der Waals surface area contributed by atoms with Gasteiger partial charge in [0, 0.05) is 47.0 Å². The Morgan fingerprint density at radius 1 is 1.04 bits per heavy atom. The first-order valence-corrected chi connectivity index (χ1v) is 9.23. The molecule has 1 fully saturated rings. The maximum absolute atomic E-state index is 12.5. The highest BCUT2D eigenvalue weighted by atomic mass is 35.5. The number of nitrogens with zero attached hydrogens (tertiary/aromatic N) is 2. The highest BCUT2D eigenvalue weighted by Crippen LogP contribution is 2.29. The Morgan fingerprint density at radius 3 is 2.54 bits per heavy atom. The number of aromatic nitrogens is 1. The van der Waals surface area contributed by atoms with Gasteiger partial charge in [-0.1, -0.05) is 29.8 Å². The number of hydrogen-bond acceptors (Lipinski definition) is 3. The van der Waals surface area contributed by atoms with Gasteiger partial charge < -0.3 is 10.2 Å². The fourth-order valence-electron chi connectivity index (χ4n) is 3.52. The van der Waals surface area contributed by atoms with Gasteiger partial charge in [-0.15, -0.1) is 0 Å². The standard InChI is InChI=1S/C21H20ClN3O/c22-16-5-7-17(8-6-16)24-21(26)15-10-13-25(14-11-15)20-9-12-23-19-4-2-1-3-18(19)20/h1-9,12,15H,10-11,13-14H2,(H,24,26). The van der Waals surface area contributed by atoms with E-state index in [0.717, 1.165) is 37.1 Å². The maximum atomic E-state index is 12.5. The summed E-state index contributed by atoms with van der Waals surface area (Å²) in [6, 6.07) is 17.5. The van der Waals surface area contributed by atoms with Crippen molar-refractivity contribution in [1.29, 1.82) is 0 Å². The Hall–Kier alpha value is -2.59. The molecule has 1 saturated heterocycles. The van der Waals surface area contributed by atoms with Crippen molar-refractivity contribution in [3.63, 3.8) is 0 Å². The van der Waals surface area contributed by atoms with Crippen LogP contribution in [0.25, 0.3) is 10.9 Å². The van der Waals surface area contributed by atoms with Gasteiger partial charge in [-0.2, -0.15) is 0 Å². The molecule has 0 unspecified atom stereocenters. The van der Waals surface area contributed by atoms with Gasteiger partial charge in [0.25, 0.3) is 0 Å². The zero-order chi connectivity index (χ0) is 17.9. The van der Waals surface area contributed by atoms with Crippen LogP contribution < -0.4 is 10.2 Å². The van der Waals surface area contributed by atoms with Crippen molar-refractivity contribution in [3.8, 4) is 0 Å². The molecule has 1 amide bonds. The molecule has 1 aliphatic heterocycles. The molecule has 0 radical (unpaired) electrons. The molecule has 5 heteroatoms. The van der Waals surface area contributed by atoms with Crippen molar-refractivity contribution in [3.05, 3.63) is 65.8 Å². The Balaban J connectivity index is 1.42. The van der Waals surface area contributed by atoms with Crippen LogP contribution in [-0.4, -0.2) is 24.0 Å². The predicted molar refractivity (Wildman–Crippen MR) is 107 cm³/mol. The van der Waals surface area contributed by atoms with Crippen molar-refractivity contribution in [1.82, 2.24) is 4.98 Å². The van der Waals surface area contributed by atoms with Gasteiger partial charge in [-0.05, 0) is 49.2 Å². The summed E-state index contributed by atoms with van der Waals surface area (Å²) in [5.41, 5.74) is 3.00. The molecule has 4 nitrogen and oxygen atoms in total. The Labute approximate surface area is 157 Å². The molecule has 0 aliphatic carbocycles. The minimum Gasteiger partial charge on any atom is -0.371 e. The van der Waals surface area contributed by atoms with E-state index in [9.17, 15) is 4.79 Å². The number of carbonyl (C=O) groups is 1. The second-order valence-electron chi connectivity index (χ2n) is 6.60. The molecule has 2 aromatic carbocycles. The first-order valence-electron chi connectivity index (χ1n) is 8.86. The molecule has 1 aromatic heterocycles. The third kappa shape index (κ3) is 3.51. The molecule has 0 atom stereocenters. The minimum atomic E-state index is 0.0371. The van der Waals surface area contributed by atoms with Crippen LogP contribution in [-0.2, 0) is 4.79 Å². The lowest BCUT2D eigenvalue weighted by Gasteiger charge is -2.33. The molecule has 4 rings (SSSR count). The number of anilines is 2. The van der Waals surface area contributed by atoms with Crippen LogP contribution in [0.3, 0.4) is 0 Å². The number of halogens is 1. The highest BCUT2D eigenvalue weighted by Gasteiger charge is 2.25. The van der Waals surface area contributed by atoms with Crippen LogP contribution in [0.4, 0.5) is 11.4 Å². The number of nitrogens with one attached hydrogen (secondary N) is 1. The van der Waals surface area contributed by atoms with E-state index in [1.807, 2.05) is 36.5 Å². The first-order chi connectivity index (χ1) is 12.7. The molecule has 26 heavy (non-hydrogen) atoms. The summed E-state index contributed by atoms with van der Waals surface area (Å²) in [7, 11) is 0. The number of para-hydroxylation sites is 1. The monoisotopic (exact) mass is 365 g/mol. The molecule has 3 aromatic rings. The number of piperidine rings is 1. The second-order valence-corrected chi connectivity index (χ2v) is 7.04. The number of benzene rings is 2. The first kappa shape index (κ1) is 16.9. The van der Waals surface area contributed by atoms with Crippen LogP contribution in [0.5, 0.6) is 0 Å². The molecule has 1 N–H and O–H groups in total. The lowest BCUT2D eigenvalue weighted by atomic mass is 9.95. The lowest BCUT2D eigenvalue weighted by molar-refractivity contribution is -0.120. The molecule has 0 saturated carbocycles. The van der Waals surface area contributed by atoms with Crippen molar-refractivity contribution in [2.45, 2.75) is 12.8 Å². The molecular formula is C21H20ClN3O. The third-order valence-corrected chi connectivity index (χ3v) is 5.20. The van der Waals surface area contributed by atoms with Crippen LogP contribution in [0.1, 0.15) is 12.8 Å². The van der Waals surface area contributed by atoms with Crippen LogP contribution in [0.2, 0.25) is 5.02 Å². The molecular weight excluding hydrogens is 346 g/mol. The highest BCUT2D eigenvalue weighted by molar-refractivity contribution is 6.30. The number of hydrogen-bond donors (Lipinski definition) is 1. The quantitative estimate of drug-likeness (QED) is 0.728. The summed E-state index contributed by atoms with van der Waals surface area (Å²) in [5.74, 6) is 0.126. The van der Waals surface area contributed by atoms with Gasteiger partial charge in [0.1, 0.15) is 0 Å². The Bertz CT molecular complexity index is 913. The van der Waals surface area contributed by atoms with Gasteiger partial charge in [-0.25, -0.2) is 0 Å². The number of pyridine rings is 1. The number of rotatable bonds is 3. The smallest absolute Gasteiger partial charge is 0.227 e. The molecule has 132 valence electrons. The van der Waals surface area contributed by atoms with E-state index in [2.05, 4.69) is 27.3 Å². The number of fused-ring (bicyclic) bond motifs is 1. The maximum Gasteiger partial charge on any atom is 0.227 e. The summed E-state index contributed by atoms with van der Waals surface area (Å²) in [4.78, 5) is 19.3. The fourth-order valence-corrected chi connectivity index (χ4v) is 3.64. The van der Waals surface area contributed by atoms with E-state index in [1.54, 1.807) is 12.1 Å². The minimum absolute atomic E-state index is 0.0371. The summed E-state index contributed by atoms with van der Waals surface area (Å²) in [6.07, 6.45) is 3.54. The average molecular weight is 366 g/mol. The van der Waals surface area contributed by atoms with Crippen LogP contribution >= 0.6 is 11.6 Å². The molecule has 1 aliphatic rings. The van der Waals surface area contributed by atoms with Gasteiger partial charge in [-0.3, -0.25) is 9.78 Å². The van der Waals surface area contributed by atoms with Gasteiger partial charge >= 0.3 is 0 Å². The second kappa shape index (κ2) is 7.34. The molecule has 2 heterocycles. The van der Waals surface area contributed by atoms with E-state index in [0.29, 0.717) is 5.02 Å². The van der Waals surface area contributed by atoms with E-state index in [4.69, 9.17) is 11.6 Å². The van der Waals surface area contributed by atoms with Gasteiger partial charge in [0.15, 0.2) is 0 Å². The largest absolute Gasteiger partial charge is 0.371 e. The van der Waals surface area contributed by atoms with Crippen molar-refractivity contribution >= 4 is 39.8 Å². The third-order valence-electron chi connectivity index (χ3n) is 4.94. The SMILES string of the molecule is O=C(Nc1ccc(Cl)cc1)C1CCN(c2ccnc3ccccc23)CC1. The normalized spacial score (nSPS) is 15.2. The van der Waals surface area contributed by atoms with Gasteiger partial charge in [0.05, 0.1) is 5.52 Å². The zero-order valence-electron chi connectivity index (χ0n) is 14.4. The summed E-state index contributed by atoms with van der Waals surface area (Å²) in [5, 5.41) is 4.83. The van der Waals surface area contributed by atoms with Crippen molar-refractivity contribution < 1.29 is 4.79 Å². The lowest BCUT2D eigenvalue weighted by Crippen LogP contribution is -2.38. The number of amides is 1. The van der Waals surface area contributed by atoms with Crippen molar-refractivity contribution in [2.75, 3.05) is 23.3 Å². The fraction of sp³-hybridized carbons (Fsp3) is 0.238. The zero-order valence-corrected chi connectivity index (χ0v) is 15.1. The van der Waals surface area contributed by atoms with Crippen molar-refractivity contribution in [2.24, 2.45) is 5.92 Å². The summed E-state index contributed by atoms with van der Waals surface area (Å²) in [6.45, 7) is 1.74. The van der Waals surface area contributed by atoms with Crippen LogP contribution in [0.15, 0.2) is 60.8 Å². The predicted octanol–water partition coefficient (Wildman–Crippen LogP) is 4.74. The van der Waals surface area contributed by atoms with E-state index < -0.39 is 0 Å².